The maximum Gasteiger partial charge on any atom is 0.127 e. The fourth-order valence-electron chi connectivity index (χ4n) is 1.39. The number of hydrogen-bond acceptors (Lipinski definition) is 2. The highest BCUT2D eigenvalue weighted by atomic mass is 19.1. The Hall–Kier alpha value is -1.51. The van der Waals surface area contributed by atoms with Crippen LogP contribution in [0.15, 0.2) is 36.2 Å². The van der Waals surface area contributed by atoms with Crippen molar-refractivity contribution in [2.45, 2.75) is 54.9 Å². The van der Waals surface area contributed by atoms with Crippen LogP contribution in [-0.2, 0) is 9.59 Å². The van der Waals surface area contributed by atoms with Crippen LogP contribution in [0.4, 0.5) is 4.39 Å². The van der Waals surface area contributed by atoms with Gasteiger partial charge in [-0.2, -0.15) is 0 Å². The molecule has 0 saturated carbocycles. The van der Waals surface area contributed by atoms with Crippen LogP contribution >= 0.6 is 0 Å². The van der Waals surface area contributed by atoms with E-state index >= 15 is 0 Å². The van der Waals surface area contributed by atoms with Gasteiger partial charge in [-0.1, -0.05) is 46.8 Å². The fourth-order valence-corrected chi connectivity index (χ4v) is 1.39. The van der Waals surface area contributed by atoms with Gasteiger partial charge in [0.05, 0.1) is 0 Å². The van der Waals surface area contributed by atoms with Crippen LogP contribution < -0.4 is 0 Å². The number of allylic oxidation sites excluding steroid dienone is 5. The molecule has 0 rings (SSSR count). The van der Waals surface area contributed by atoms with Gasteiger partial charge in [0.15, 0.2) is 0 Å². The van der Waals surface area contributed by atoms with E-state index in [1.165, 1.54) is 19.9 Å². The molecule has 21 heavy (non-hydrogen) atoms. The Bertz CT molecular complexity index is 350. The largest absolute Gasteiger partial charge is 0.303 e. The summed E-state index contributed by atoms with van der Waals surface area (Å²) < 4.78 is 13.0. The minimum absolute atomic E-state index is 0.167. The molecular formula is C18H31FO2. The van der Waals surface area contributed by atoms with Gasteiger partial charge in [-0.15, -0.1) is 0 Å². The summed E-state index contributed by atoms with van der Waals surface area (Å²) in [6.07, 6.45) is 6.06. The van der Waals surface area contributed by atoms with Crippen molar-refractivity contribution in [3.05, 3.63) is 36.2 Å². The van der Waals surface area contributed by atoms with E-state index < -0.39 is 5.83 Å². The van der Waals surface area contributed by atoms with Crippen LogP contribution in [0.1, 0.15) is 54.9 Å². The summed E-state index contributed by atoms with van der Waals surface area (Å²) in [5, 5.41) is 0. The number of aldehydes is 1. The summed E-state index contributed by atoms with van der Waals surface area (Å²) in [5.74, 6) is -0.244. The summed E-state index contributed by atoms with van der Waals surface area (Å²) >= 11 is 0. The highest BCUT2D eigenvalue weighted by Crippen LogP contribution is 2.23. The molecule has 0 aromatic carbocycles. The Morgan fingerprint density at radius 3 is 1.95 bits per heavy atom. The van der Waals surface area contributed by atoms with Gasteiger partial charge < -0.3 is 9.59 Å². The lowest BCUT2D eigenvalue weighted by molar-refractivity contribution is -0.115. The predicted octanol–water partition coefficient (Wildman–Crippen LogP) is 5.45. The zero-order valence-corrected chi connectivity index (χ0v) is 14.6. The zero-order valence-electron chi connectivity index (χ0n) is 14.6. The predicted molar refractivity (Wildman–Crippen MR) is 89.9 cm³/mol. The number of carbonyl (C=O) groups is 2. The van der Waals surface area contributed by atoms with Gasteiger partial charge in [-0.05, 0) is 44.4 Å². The molecule has 2 unspecified atom stereocenters. The first-order valence-electron chi connectivity index (χ1n) is 7.42. The normalized spacial score (nSPS) is 13.7. The molecule has 0 spiro atoms. The molecular weight excluding hydrogens is 267 g/mol. The number of hydrogen-bond donors (Lipinski definition) is 0. The van der Waals surface area contributed by atoms with Gasteiger partial charge in [-0.25, -0.2) is 4.39 Å². The van der Waals surface area contributed by atoms with Crippen molar-refractivity contribution < 1.29 is 14.0 Å². The molecule has 122 valence electrons. The van der Waals surface area contributed by atoms with Crippen molar-refractivity contribution in [3.8, 4) is 0 Å². The van der Waals surface area contributed by atoms with Crippen LogP contribution in [-0.4, -0.2) is 12.1 Å². The van der Waals surface area contributed by atoms with E-state index in [9.17, 15) is 14.0 Å². The Morgan fingerprint density at radius 2 is 1.71 bits per heavy atom. The van der Waals surface area contributed by atoms with Gasteiger partial charge in [0.1, 0.15) is 17.9 Å². The van der Waals surface area contributed by atoms with Gasteiger partial charge in [0.2, 0.25) is 0 Å². The monoisotopic (exact) mass is 298 g/mol. The van der Waals surface area contributed by atoms with E-state index in [-0.39, 0.29) is 17.6 Å². The van der Waals surface area contributed by atoms with E-state index in [2.05, 4.69) is 6.58 Å². The average Bonchev–Trinajstić information content (AvgIpc) is 2.47. The highest BCUT2D eigenvalue weighted by molar-refractivity contribution is 5.72. The molecule has 2 atom stereocenters. The highest BCUT2D eigenvalue weighted by Gasteiger charge is 2.17. The second kappa shape index (κ2) is 16.5. The van der Waals surface area contributed by atoms with E-state index in [0.29, 0.717) is 0 Å². The van der Waals surface area contributed by atoms with Gasteiger partial charge in [0, 0.05) is 5.92 Å². The van der Waals surface area contributed by atoms with Crippen molar-refractivity contribution in [1.29, 1.82) is 0 Å². The lowest BCUT2D eigenvalue weighted by atomic mass is 9.86. The minimum Gasteiger partial charge on any atom is -0.303 e. The van der Waals surface area contributed by atoms with Crippen LogP contribution in [0.3, 0.4) is 0 Å². The lowest BCUT2D eigenvalue weighted by Crippen LogP contribution is -2.14. The summed E-state index contributed by atoms with van der Waals surface area (Å²) in [4.78, 5) is 20.4. The van der Waals surface area contributed by atoms with E-state index in [1.807, 2.05) is 27.7 Å². The van der Waals surface area contributed by atoms with E-state index in [4.69, 9.17) is 0 Å². The van der Waals surface area contributed by atoms with Gasteiger partial charge >= 0.3 is 0 Å². The van der Waals surface area contributed by atoms with Crippen molar-refractivity contribution in [3.63, 3.8) is 0 Å². The van der Waals surface area contributed by atoms with Gasteiger partial charge in [0.25, 0.3) is 0 Å². The second-order valence-electron chi connectivity index (χ2n) is 4.48. The fraction of sp³-hybridized carbons (Fsp3) is 0.556. The minimum atomic E-state index is -0.404. The number of ketones is 1. The average molecular weight is 298 g/mol. The topological polar surface area (TPSA) is 34.1 Å². The molecule has 0 heterocycles. The summed E-state index contributed by atoms with van der Waals surface area (Å²) in [7, 11) is 0. The SMILES string of the molecule is C=C/C(F)=C\C(=C/C)C(C=O)C(C)CC.CC.CC(C)=O. The second-order valence-corrected chi connectivity index (χ2v) is 4.48. The first kappa shape index (κ1) is 24.5. The van der Waals surface area contributed by atoms with Crippen molar-refractivity contribution in [2.24, 2.45) is 11.8 Å². The third kappa shape index (κ3) is 14.7. The molecule has 2 nitrogen and oxygen atoms in total. The smallest absolute Gasteiger partial charge is 0.127 e. The number of carbonyl (C=O) groups excluding carboxylic acids is 2. The van der Waals surface area contributed by atoms with Crippen molar-refractivity contribution >= 4 is 12.1 Å². The van der Waals surface area contributed by atoms with Gasteiger partial charge in [-0.3, -0.25) is 0 Å². The van der Waals surface area contributed by atoms with Crippen LogP contribution in [0.5, 0.6) is 0 Å². The molecule has 0 fully saturated rings. The molecule has 0 aliphatic carbocycles. The molecule has 0 aromatic rings. The Kier molecular flexibility index (Phi) is 19.3. The van der Waals surface area contributed by atoms with Crippen LogP contribution in [0.25, 0.3) is 0 Å². The maximum atomic E-state index is 13.0. The van der Waals surface area contributed by atoms with E-state index in [1.54, 1.807) is 13.0 Å². The molecule has 0 aromatic heterocycles. The Morgan fingerprint density at radius 1 is 1.29 bits per heavy atom. The molecule has 0 N–H and O–H groups in total. The molecule has 0 bridgehead atoms. The summed E-state index contributed by atoms with van der Waals surface area (Å²) in [6.45, 7) is 16.2. The quantitative estimate of drug-likeness (QED) is 0.482. The van der Waals surface area contributed by atoms with E-state index in [0.717, 1.165) is 24.4 Å². The first-order valence-corrected chi connectivity index (χ1v) is 7.42. The third-order valence-electron chi connectivity index (χ3n) is 2.62. The lowest BCUT2D eigenvalue weighted by Gasteiger charge is -2.18. The number of rotatable bonds is 6. The number of Topliss-reactive ketones (excluding diaryl/α,β-unsaturated/α-hetero) is 1. The standard InChI is InChI=1S/C13H19FO.C3H6O.C2H6/c1-5-10(4)13(9-15)11(6-2)8-12(14)7-3;1-3(2)4;1-2/h6-10,13H,3,5H2,1-2,4H3;1-2H3;1-2H3/b11-6+,12-8+;;. The summed E-state index contributed by atoms with van der Waals surface area (Å²) in [5.41, 5.74) is 0.719. The van der Waals surface area contributed by atoms with Crippen molar-refractivity contribution in [1.82, 2.24) is 0 Å². The third-order valence-corrected chi connectivity index (χ3v) is 2.62. The molecule has 0 amide bonds. The molecule has 0 saturated heterocycles. The Labute approximate surface area is 129 Å². The first-order chi connectivity index (χ1) is 9.83. The molecule has 0 aliphatic rings. The molecule has 0 aliphatic heterocycles. The van der Waals surface area contributed by atoms with Crippen molar-refractivity contribution in [2.75, 3.05) is 0 Å². The van der Waals surface area contributed by atoms with Crippen LogP contribution in [0.2, 0.25) is 0 Å². The molecule has 0 radical (unpaired) electrons. The number of halogens is 1. The molecule has 3 heteroatoms. The maximum absolute atomic E-state index is 13.0. The van der Waals surface area contributed by atoms with Crippen LogP contribution in [0, 0.1) is 11.8 Å². The Balaban J connectivity index is -0.000000461. The summed E-state index contributed by atoms with van der Waals surface area (Å²) in [6, 6.07) is 0. The zero-order chi connectivity index (χ0) is 17.4.